The van der Waals surface area contributed by atoms with E-state index < -0.39 is 0 Å². The molecule has 0 amide bonds. The fraction of sp³-hybridized carbons (Fsp3) is 0.455. The molecule has 1 heterocycles. The van der Waals surface area contributed by atoms with Crippen LogP contribution in [0.15, 0.2) is 48.5 Å². The molecular formula is C22H29ClN2O2. The first-order chi connectivity index (χ1) is 12.7. The minimum atomic E-state index is 0. The van der Waals surface area contributed by atoms with Crippen molar-refractivity contribution < 1.29 is 9.47 Å². The van der Waals surface area contributed by atoms with Gasteiger partial charge in [-0.1, -0.05) is 12.1 Å². The van der Waals surface area contributed by atoms with E-state index in [-0.39, 0.29) is 24.6 Å². The molecule has 4 rings (SSSR count). The normalized spacial score (nSPS) is 20.1. The molecular weight excluding hydrogens is 360 g/mol. The summed E-state index contributed by atoms with van der Waals surface area (Å²) in [7, 11) is 0. The van der Waals surface area contributed by atoms with E-state index in [1.165, 1.54) is 18.5 Å². The summed E-state index contributed by atoms with van der Waals surface area (Å²) >= 11 is 0. The predicted octanol–water partition coefficient (Wildman–Crippen LogP) is 4.57. The average molecular weight is 389 g/mol. The summed E-state index contributed by atoms with van der Waals surface area (Å²) in [5.41, 5.74) is 8.27. The van der Waals surface area contributed by atoms with Crippen molar-refractivity contribution in [2.24, 2.45) is 11.7 Å². The van der Waals surface area contributed by atoms with E-state index in [2.05, 4.69) is 29.2 Å². The molecule has 2 N–H and O–H groups in total. The third kappa shape index (κ3) is 5.30. The summed E-state index contributed by atoms with van der Waals surface area (Å²) < 4.78 is 12.0. The molecule has 0 aromatic heterocycles. The van der Waals surface area contributed by atoms with Crippen LogP contribution in [0.4, 0.5) is 5.69 Å². The van der Waals surface area contributed by atoms with Gasteiger partial charge in [0.2, 0.25) is 0 Å². The molecule has 1 saturated heterocycles. The molecule has 1 aliphatic heterocycles. The van der Waals surface area contributed by atoms with E-state index >= 15 is 0 Å². The van der Waals surface area contributed by atoms with Gasteiger partial charge in [-0.25, -0.2) is 0 Å². The van der Waals surface area contributed by atoms with E-state index in [1.807, 2.05) is 31.2 Å². The Kier molecular flexibility index (Phi) is 6.51. The molecule has 27 heavy (non-hydrogen) atoms. The number of rotatable bonds is 7. The Labute approximate surface area is 168 Å². The monoisotopic (exact) mass is 388 g/mol. The average Bonchev–Trinajstić information content (AvgIpc) is 3.38. The zero-order chi connectivity index (χ0) is 17.9. The van der Waals surface area contributed by atoms with E-state index in [9.17, 15) is 0 Å². The van der Waals surface area contributed by atoms with Gasteiger partial charge < -0.3 is 20.1 Å². The van der Waals surface area contributed by atoms with Gasteiger partial charge in [-0.15, -0.1) is 12.4 Å². The van der Waals surface area contributed by atoms with Crippen LogP contribution in [0.25, 0.3) is 0 Å². The number of nitrogens with two attached hydrogens (primary N) is 1. The molecule has 0 radical (unpaired) electrons. The Hall–Kier alpha value is -1.91. The molecule has 1 unspecified atom stereocenters. The van der Waals surface area contributed by atoms with Gasteiger partial charge in [0.05, 0.1) is 13.2 Å². The Morgan fingerprint density at radius 1 is 1.00 bits per heavy atom. The molecule has 146 valence electrons. The van der Waals surface area contributed by atoms with Crippen LogP contribution in [0.3, 0.4) is 0 Å². The summed E-state index contributed by atoms with van der Waals surface area (Å²) in [6, 6.07) is 16.7. The second-order valence-corrected chi connectivity index (χ2v) is 7.58. The van der Waals surface area contributed by atoms with Gasteiger partial charge in [0.15, 0.2) is 0 Å². The molecule has 2 aromatic carbocycles. The number of anilines is 1. The van der Waals surface area contributed by atoms with Crippen molar-refractivity contribution in [2.45, 2.75) is 38.3 Å². The van der Waals surface area contributed by atoms with Crippen LogP contribution in [-0.2, 0) is 0 Å². The fourth-order valence-electron chi connectivity index (χ4n) is 3.35. The van der Waals surface area contributed by atoms with Crippen LogP contribution >= 0.6 is 12.4 Å². The molecule has 1 aliphatic carbocycles. The minimum absolute atomic E-state index is 0. The molecule has 0 spiro atoms. The first-order valence-electron chi connectivity index (χ1n) is 9.67. The van der Waals surface area contributed by atoms with Crippen LogP contribution in [0.5, 0.6) is 11.5 Å². The van der Waals surface area contributed by atoms with E-state index in [4.69, 9.17) is 15.2 Å². The molecule has 5 heteroatoms. The third-order valence-corrected chi connectivity index (χ3v) is 5.24. The van der Waals surface area contributed by atoms with Crippen molar-refractivity contribution in [3.05, 3.63) is 54.1 Å². The summed E-state index contributed by atoms with van der Waals surface area (Å²) in [5, 5.41) is 0. The maximum absolute atomic E-state index is 6.15. The molecule has 0 bridgehead atoms. The Morgan fingerprint density at radius 3 is 2.30 bits per heavy atom. The Balaban J connectivity index is 0.00000210. The molecule has 2 fully saturated rings. The van der Waals surface area contributed by atoms with Crippen LogP contribution in [-0.4, -0.2) is 25.8 Å². The standard InChI is InChI=1S/C22H28N2O2.ClH/c1-16(23)18-4-8-21(9-5-18)26-22-12-13-24(14-22)19-6-10-20(11-7-19)25-15-17-2-3-17;/h4-11,16-17,22H,2-3,12-15,23H2,1H3;1H/t16-,22?;/m0./s1. The van der Waals surface area contributed by atoms with Gasteiger partial charge in [-0.05, 0) is 67.6 Å². The van der Waals surface area contributed by atoms with Crippen molar-refractivity contribution in [3.8, 4) is 11.5 Å². The van der Waals surface area contributed by atoms with Crippen molar-refractivity contribution in [3.63, 3.8) is 0 Å². The van der Waals surface area contributed by atoms with Gasteiger partial charge in [-0.3, -0.25) is 0 Å². The molecule has 4 nitrogen and oxygen atoms in total. The van der Waals surface area contributed by atoms with E-state index in [0.29, 0.717) is 0 Å². The lowest BCUT2D eigenvalue weighted by Crippen LogP contribution is -2.24. The highest BCUT2D eigenvalue weighted by molar-refractivity contribution is 5.85. The lowest BCUT2D eigenvalue weighted by Gasteiger charge is -2.19. The Morgan fingerprint density at radius 2 is 1.67 bits per heavy atom. The van der Waals surface area contributed by atoms with Crippen molar-refractivity contribution in [2.75, 3.05) is 24.6 Å². The van der Waals surface area contributed by atoms with Gasteiger partial charge in [0.25, 0.3) is 0 Å². The first-order valence-corrected chi connectivity index (χ1v) is 9.67. The van der Waals surface area contributed by atoms with Crippen LogP contribution < -0.4 is 20.1 Å². The molecule has 2 aliphatic rings. The first kappa shape index (κ1) is 19.8. The van der Waals surface area contributed by atoms with Crippen LogP contribution in [0, 0.1) is 5.92 Å². The number of halogens is 1. The summed E-state index contributed by atoms with van der Waals surface area (Å²) in [4.78, 5) is 2.38. The van der Waals surface area contributed by atoms with Crippen LogP contribution in [0.2, 0.25) is 0 Å². The second kappa shape index (κ2) is 8.85. The van der Waals surface area contributed by atoms with Gasteiger partial charge in [-0.2, -0.15) is 0 Å². The van der Waals surface area contributed by atoms with E-state index in [1.54, 1.807) is 0 Å². The van der Waals surface area contributed by atoms with Crippen molar-refractivity contribution >= 4 is 18.1 Å². The summed E-state index contributed by atoms with van der Waals surface area (Å²) in [5.74, 6) is 2.68. The smallest absolute Gasteiger partial charge is 0.119 e. The van der Waals surface area contributed by atoms with Crippen molar-refractivity contribution in [1.82, 2.24) is 0 Å². The number of benzene rings is 2. The molecule has 1 saturated carbocycles. The summed E-state index contributed by atoms with van der Waals surface area (Å²) in [6.45, 7) is 4.79. The predicted molar refractivity (Wildman–Crippen MR) is 112 cm³/mol. The lowest BCUT2D eigenvalue weighted by atomic mass is 10.1. The van der Waals surface area contributed by atoms with Gasteiger partial charge in [0.1, 0.15) is 17.6 Å². The third-order valence-electron chi connectivity index (χ3n) is 5.24. The quantitative estimate of drug-likeness (QED) is 0.754. The van der Waals surface area contributed by atoms with E-state index in [0.717, 1.165) is 49.1 Å². The number of hydrogen-bond acceptors (Lipinski definition) is 4. The number of nitrogens with zero attached hydrogens (tertiary/aromatic N) is 1. The molecule has 2 atom stereocenters. The SMILES string of the molecule is C[C@H](N)c1ccc(OC2CCN(c3ccc(OCC4CC4)cc3)C2)cc1.Cl. The highest BCUT2D eigenvalue weighted by atomic mass is 35.5. The highest BCUT2D eigenvalue weighted by Gasteiger charge is 2.25. The Bertz CT molecular complexity index is 714. The zero-order valence-corrected chi connectivity index (χ0v) is 16.7. The summed E-state index contributed by atoms with van der Waals surface area (Å²) in [6.07, 6.45) is 3.90. The highest BCUT2D eigenvalue weighted by Crippen LogP contribution is 2.30. The molecule has 2 aromatic rings. The zero-order valence-electron chi connectivity index (χ0n) is 15.8. The lowest BCUT2D eigenvalue weighted by molar-refractivity contribution is 0.225. The topological polar surface area (TPSA) is 47.7 Å². The number of ether oxygens (including phenoxy) is 2. The minimum Gasteiger partial charge on any atom is -0.493 e. The number of hydrogen-bond donors (Lipinski definition) is 1. The largest absolute Gasteiger partial charge is 0.493 e. The van der Waals surface area contributed by atoms with Gasteiger partial charge in [0, 0.05) is 24.7 Å². The van der Waals surface area contributed by atoms with Gasteiger partial charge >= 0.3 is 0 Å². The van der Waals surface area contributed by atoms with Crippen molar-refractivity contribution in [1.29, 1.82) is 0 Å². The maximum Gasteiger partial charge on any atom is 0.119 e. The second-order valence-electron chi connectivity index (χ2n) is 7.58. The van der Waals surface area contributed by atoms with Crippen LogP contribution in [0.1, 0.15) is 37.8 Å². The fourth-order valence-corrected chi connectivity index (χ4v) is 3.35. The maximum atomic E-state index is 6.15.